The molecule has 2 aromatic heterocycles. The molecule has 4 heterocycles. The van der Waals surface area contributed by atoms with Crippen molar-refractivity contribution >= 4 is 35.3 Å². The summed E-state index contributed by atoms with van der Waals surface area (Å²) in [6.45, 7) is 5.48. The molecule has 51 heavy (non-hydrogen) atoms. The molecule has 2 aliphatic heterocycles. The number of benzene rings is 2. The third-order valence-corrected chi connectivity index (χ3v) is 8.68. The van der Waals surface area contributed by atoms with Gasteiger partial charge >= 0.3 is 6.03 Å². The first-order valence-electron chi connectivity index (χ1n) is 16.8. The van der Waals surface area contributed by atoms with Gasteiger partial charge in [-0.05, 0) is 43.4 Å². The summed E-state index contributed by atoms with van der Waals surface area (Å²) in [6, 6.07) is 13.5. The molecule has 0 saturated carbocycles. The molecule has 15 heteroatoms. The maximum atomic E-state index is 14.2. The van der Waals surface area contributed by atoms with Crippen LogP contribution < -0.4 is 26.6 Å². The van der Waals surface area contributed by atoms with Crippen LogP contribution in [0.1, 0.15) is 84.0 Å². The quantitative estimate of drug-likeness (QED) is 0.200. The molecule has 1 saturated heterocycles. The standard InChI is InChI=1S/C36H40N8O7/c1-20(2)14-25-30(45)37-21(3)33-43-28(19-50-33)35(48)44-17-24(39-36(49)38-23-12-8-5-9-13-23)16-29(44)32(47)41-26(15-22-10-6-4-7-11-22)34-42-27(18-51-34)31(46)40-25/h4-13,18-21,24-26,29H,14-17H2,1-3H3,(H,37,45)(H,40,46)(H,41,47)(H2,38,39,49)/t21-,24+,25-,26+,29+/m1/s1. The summed E-state index contributed by atoms with van der Waals surface area (Å²) in [5, 5.41) is 14.2. The number of oxazole rings is 2. The molecule has 4 bridgehead atoms. The van der Waals surface area contributed by atoms with Crippen molar-refractivity contribution in [3.63, 3.8) is 0 Å². The van der Waals surface area contributed by atoms with Crippen LogP contribution in [-0.2, 0) is 16.0 Å². The van der Waals surface area contributed by atoms with Crippen LogP contribution in [0.3, 0.4) is 0 Å². The van der Waals surface area contributed by atoms with E-state index in [1.54, 1.807) is 31.2 Å². The molecule has 2 aliphatic rings. The minimum atomic E-state index is -1.04. The number of hydrogen-bond donors (Lipinski definition) is 5. The summed E-state index contributed by atoms with van der Waals surface area (Å²) in [7, 11) is 0. The van der Waals surface area contributed by atoms with Gasteiger partial charge in [0, 0.05) is 18.7 Å². The average molecular weight is 697 g/mol. The van der Waals surface area contributed by atoms with E-state index in [2.05, 4.69) is 36.6 Å². The van der Waals surface area contributed by atoms with Crippen molar-refractivity contribution in [2.75, 3.05) is 11.9 Å². The van der Waals surface area contributed by atoms with Crippen molar-refractivity contribution in [2.24, 2.45) is 5.92 Å². The van der Waals surface area contributed by atoms with Crippen LogP contribution in [0.15, 0.2) is 82.0 Å². The predicted octanol–water partition coefficient (Wildman–Crippen LogP) is 3.50. The lowest BCUT2D eigenvalue weighted by atomic mass is 10.0. The van der Waals surface area contributed by atoms with Gasteiger partial charge in [-0.1, -0.05) is 62.4 Å². The summed E-state index contributed by atoms with van der Waals surface area (Å²) in [5.41, 5.74) is 1.28. The third-order valence-electron chi connectivity index (χ3n) is 8.68. The van der Waals surface area contributed by atoms with Crippen molar-refractivity contribution in [1.82, 2.24) is 36.1 Å². The number of hydrogen-bond acceptors (Lipinski definition) is 9. The minimum Gasteiger partial charge on any atom is -0.446 e. The molecule has 6 amide bonds. The molecule has 5 N–H and O–H groups in total. The Hall–Kier alpha value is -5.99. The molecule has 1 fully saturated rings. The number of nitrogens with one attached hydrogen (secondary N) is 5. The first kappa shape index (κ1) is 34.9. The average Bonchev–Trinajstić information content (AvgIpc) is 3.88. The van der Waals surface area contributed by atoms with Gasteiger partial charge in [0.25, 0.3) is 11.8 Å². The Balaban J connectivity index is 1.33. The number of para-hydroxylation sites is 1. The molecule has 5 atom stereocenters. The van der Waals surface area contributed by atoms with Crippen molar-refractivity contribution in [2.45, 2.75) is 70.2 Å². The molecule has 0 aliphatic carbocycles. The highest BCUT2D eigenvalue weighted by Crippen LogP contribution is 2.25. The number of carbonyl (C=O) groups is 5. The Morgan fingerprint density at radius 1 is 0.863 bits per heavy atom. The summed E-state index contributed by atoms with van der Waals surface area (Å²) >= 11 is 0. The van der Waals surface area contributed by atoms with Gasteiger partial charge in [-0.15, -0.1) is 0 Å². The van der Waals surface area contributed by atoms with Gasteiger partial charge in [-0.3, -0.25) is 19.2 Å². The van der Waals surface area contributed by atoms with E-state index < -0.39 is 59.9 Å². The zero-order valence-corrected chi connectivity index (χ0v) is 28.4. The number of rotatable bonds is 6. The van der Waals surface area contributed by atoms with Gasteiger partial charge < -0.3 is 40.3 Å². The van der Waals surface area contributed by atoms with Crippen molar-refractivity contribution in [3.05, 3.63) is 102 Å². The Morgan fingerprint density at radius 2 is 1.53 bits per heavy atom. The number of fused-ring (bicyclic) bond motifs is 5. The fraction of sp³-hybridized carbons (Fsp3) is 0.361. The SMILES string of the molecule is CC(C)C[C@H]1NC(=O)c2coc(n2)[C@H](Cc2ccccc2)NC(=O)[C@@H]2C[C@H](NC(=O)Nc3ccccc3)CN2C(=O)c2coc(n2)[C@@H](C)NC1=O. The molecule has 0 radical (unpaired) electrons. The maximum absolute atomic E-state index is 14.2. The first-order valence-corrected chi connectivity index (χ1v) is 16.8. The number of amides is 6. The normalized spacial score (nSPS) is 22.7. The van der Waals surface area contributed by atoms with E-state index in [1.807, 2.05) is 50.2 Å². The lowest BCUT2D eigenvalue weighted by molar-refractivity contribution is -0.126. The number of carbonyl (C=O) groups excluding carboxylic acids is 5. The van der Waals surface area contributed by atoms with Gasteiger partial charge in [-0.25, -0.2) is 14.8 Å². The molecular formula is C36H40N8O7. The van der Waals surface area contributed by atoms with Crippen LogP contribution in [0.2, 0.25) is 0 Å². The number of anilines is 1. The number of urea groups is 1. The summed E-state index contributed by atoms with van der Waals surface area (Å²) < 4.78 is 11.4. The lowest BCUT2D eigenvalue weighted by Crippen LogP contribution is -2.48. The van der Waals surface area contributed by atoms with Crippen molar-refractivity contribution in [1.29, 1.82) is 0 Å². The summed E-state index contributed by atoms with van der Waals surface area (Å²) in [4.78, 5) is 78.0. The van der Waals surface area contributed by atoms with Crippen molar-refractivity contribution in [3.8, 4) is 0 Å². The van der Waals surface area contributed by atoms with Gasteiger partial charge in [-0.2, -0.15) is 0 Å². The Morgan fingerprint density at radius 3 is 2.25 bits per heavy atom. The van der Waals surface area contributed by atoms with E-state index in [4.69, 9.17) is 8.83 Å². The van der Waals surface area contributed by atoms with Crippen LogP contribution in [-0.4, -0.2) is 69.2 Å². The fourth-order valence-electron chi connectivity index (χ4n) is 6.20. The van der Waals surface area contributed by atoms with Crippen LogP contribution in [0, 0.1) is 5.92 Å². The highest BCUT2D eigenvalue weighted by molar-refractivity contribution is 5.98. The first-order chi connectivity index (χ1) is 24.5. The van der Waals surface area contributed by atoms with Crippen LogP contribution in [0.5, 0.6) is 0 Å². The van der Waals surface area contributed by atoms with Crippen LogP contribution >= 0.6 is 0 Å². The lowest BCUT2D eigenvalue weighted by Gasteiger charge is -2.25. The molecular weight excluding hydrogens is 656 g/mol. The smallest absolute Gasteiger partial charge is 0.319 e. The summed E-state index contributed by atoms with van der Waals surface area (Å²) in [5.74, 6) is -2.05. The molecule has 0 unspecified atom stereocenters. The molecule has 0 spiro atoms. The maximum Gasteiger partial charge on any atom is 0.319 e. The minimum absolute atomic E-state index is 0.00281. The van der Waals surface area contributed by atoms with Crippen LogP contribution in [0.25, 0.3) is 0 Å². The molecule has 266 valence electrons. The van der Waals surface area contributed by atoms with E-state index in [9.17, 15) is 24.0 Å². The topological polar surface area (TPSA) is 201 Å². The zero-order valence-electron chi connectivity index (χ0n) is 28.4. The number of aromatic nitrogens is 2. The van der Waals surface area contributed by atoms with Gasteiger partial charge in [0.15, 0.2) is 11.4 Å². The monoisotopic (exact) mass is 696 g/mol. The molecule has 6 rings (SSSR count). The highest BCUT2D eigenvalue weighted by Gasteiger charge is 2.42. The Bertz CT molecular complexity index is 1880. The van der Waals surface area contributed by atoms with Gasteiger partial charge in [0.05, 0.1) is 6.04 Å². The zero-order chi connectivity index (χ0) is 36.1. The predicted molar refractivity (Wildman–Crippen MR) is 183 cm³/mol. The van der Waals surface area contributed by atoms with Crippen LogP contribution in [0.4, 0.5) is 10.5 Å². The Labute approximate surface area is 294 Å². The van der Waals surface area contributed by atoms with E-state index >= 15 is 0 Å². The molecule has 15 nitrogen and oxygen atoms in total. The second kappa shape index (κ2) is 15.3. The third kappa shape index (κ3) is 8.43. The van der Waals surface area contributed by atoms with Gasteiger partial charge in [0.2, 0.25) is 23.6 Å². The second-order valence-electron chi connectivity index (χ2n) is 13.1. The fourth-order valence-corrected chi connectivity index (χ4v) is 6.20. The van der Waals surface area contributed by atoms with E-state index in [0.717, 1.165) is 5.56 Å². The van der Waals surface area contributed by atoms with E-state index in [1.165, 1.54) is 17.4 Å². The summed E-state index contributed by atoms with van der Waals surface area (Å²) in [6.07, 6.45) is 3.02. The second-order valence-corrected chi connectivity index (χ2v) is 13.1. The number of nitrogens with zero attached hydrogens (tertiary/aromatic N) is 3. The molecule has 2 aromatic carbocycles. The van der Waals surface area contributed by atoms with Crippen molar-refractivity contribution < 1.29 is 32.8 Å². The Kier molecular flexibility index (Phi) is 10.4. The van der Waals surface area contributed by atoms with E-state index in [0.29, 0.717) is 12.1 Å². The van der Waals surface area contributed by atoms with E-state index in [-0.39, 0.29) is 48.5 Å². The van der Waals surface area contributed by atoms with Gasteiger partial charge in [0.1, 0.15) is 36.7 Å². The largest absolute Gasteiger partial charge is 0.446 e. The highest BCUT2D eigenvalue weighted by atomic mass is 16.3. The molecule has 4 aromatic rings.